The average Bonchev–Trinajstić information content (AvgIpc) is 2.64. The molecule has 1 aromatic rings. The van der Waals surface area contributed by atoms with Crippen LogP contribution in [0.15, 0.2) is 21.9 Å². The lowest BCUT2D eigenvalue weighted by Crippen LogP contribution is -2.33. The molecule has 0 aromatic heterocycles. The Balaban J connectivity index is 3.82. The molecule has 1 N–H and O–H groups in total. The van der Waals surface area contributed by atoms with Gasteiger partial charge in [0.25, 0.3) is 0 Å². The molecule has 11 heteroatoms. The molecule has 1 rings (SSSR count). The van der Waals surface area contributed by atoms with Gasteiger partial charge in [-0.1, -0.05) is 27.7 Å². The molecule has 0 radical (unpaired) electrons. The number of nitrogens with one attached hydrogen (secondary N) is 1. The van der Waals surface area contributed by atoms with Gasteiger partial charge in [-0.3, -0.25) is 4.79 Å². The summed E-state index contributed by atoms with van der Waals surface area (Å²) < 4.78 is 54.7. The van der Waals surface area contributed by atoms with Gasteiger partial charge in [-0.2, -0.15) is 13.9 Å². The van der Waals surface area contributed by atoms with E-state index in [1.165, 1.54) is 21.6 Å². The van der Waals surface area contributed by atoms with Crippen LogP contribution in [0.25, 0.3) is 0 Å². The highest BCUT2D eigenvalue weighted by Gasteiger charge is 2.31. The molecule has 0 aliphatic heterocycles. The number of hydrogen-bond donors (Lipinski definition) is 1. The Hall–Kier alpha value is -2.00. The Bertz CT molecular complexity index is 990. The van der Waals surface area contributed by atoms with Gasteiger partial charge in [0.1, 0.15) is 11.3 Å². The Kier molecular flexibility index (Phi) is 8.77. The summed E-state index contributed by atoms with van der Waals surface area (Å²) in [5.41, 5.74) is 0.255. The molecule has 162 valence electrons. The predicted molar refractivity (Wildman–Crippen MR) is 110 cm³/mol. The van der Waals surface area contributed by atoms with Crippen molar-refractivity contribution in [1.29, 1.82) is 5.26 Å². The third kappa shape index (κ3) is 5.33. The molecule has 0 bridgehead atoms. The number of rotatable bonds is 10. The minimum Gasteiger partial charge on any atom is -0.324 e. The zero-order valence-electron chi connectivity index (χ0n) is 17.4. The lowest BCUT2D eigenvalue weighted by molar-refractivity contribution is -0.115. The lowest BCUT2D eigenvalue weighted by atomic mass is 10.2. The van der Waals surface area contributed by atoms with Crippen molar-refractivity contribution in [2.45, 2.75) is 50.8 Å². The second kappa shape index (κ2) is 10.2. The quantitative estimate of drug-likeness (QED) is 0.587. The van der Waals surface area contributed by atoms with Crippen LogP contribution in [0.1, 0.15) is 39.7 Å². The van der Waals surface area contributed by atoms with Crippen molar-refractivity contribution in [1.82, 2.24) is 8.61 Å². The van der Waals surface area contributed by atoms with Crippen molar-refractivity contribution in [3.63, 3.8) is 0 Å². The Morgan fingerprint density at radius 3 is 1.90 bits per heavy atom. The molecule has 0 unspecified atom stereocenters. The number of benzene rings is 1. The van der Waals surface area contributed by atoms with Crippen LogP contribution < -0.4 is 5.32 Å². The molecule has 0 atom stereocenters. The first kappa shape index (κ1) is 25.0. The molecule has 1 aromatic carbocycles. The highest BCUT2D eigenvalue weighted by atomic mass is 32.2. The lowest BCUT2D eigenvalue weighted by Gasteiger charge is -2.24. The van der Waals surface area contributed by atoms with E-state index in [4.69, 9.17) is 5.26 Å². The predicted octanol–water partition coefficient (Wildman–Crippen LogP) is 1.91. The zero-order valence-corrected chi connectivity index (χ0v) is 19.0. The first-order valence-corrected chi connectivity index (χ1v) is 12.2. The fourth-order valence-corrected chi connectivity index (χ4v) is 6.26. The number of carbonyl (C=O) groups is 1. The van der Waals surface area contributed by atoms with Crippen molar-refractivity contribution in [3.05, 3.63) is 17.7 Å². The van der Waals surface area contributed by atoms with Crippen molar-refractivity contribution >= 4 is 31.6 Å². The number of hydrogen-bond acceptors (Lipinski definition) is 6. The fraction of sp³-hybridized carbons (Fsp3) is 0.556. The second-order valence-corrected chi connectivity index (χ2v) is 10.0. The molecule has 9 nitrogen and oxygen atoms in total. The summed E-state index contributed by atoms with van der Waals surface area (Å²) in [7, 11) is -8.00. The van der Waals surface area contributed by atoms with Gasteiger partial charge in [0.15, 0.2) is 0 Å². The van der Waals surface area contributed by atoms with Crippen LogP contribution in [0, 0.1) is 18.3 Å². The van der Waals surface area contributed by atoms with Crippen LogP contribution in [0.4, 0.5) is 5.69 Å². The van der Waals surface area contributed by atoms with Gasteiger partial charge >= 0.3 is 0 Å². The maximum atomic E-state index is 13.2. The molecule has 1 amide bonds. The number of anilines is 1. The summed E-state index contributed by atoms with van der Waals surface area (Å²) in [5.74, 6) is -0.675. The van der Waals surface area contributed by atoms with E-state index in [0.29, 0.717) is 0 Å². The number of nitriles is 1. The zero-order chi connectivity index (χ0) is 22.4. The summed E-state index contributed by atoms with van der Waals surface area (Å²) in [4.78, 5) is 11.5. The van der Waals surface area contributed by atoms with Gasteiger partial charge in [-0.25, -0.2) is 16.8 Å². The number of sulfonamides is 2. The van der Waals surface area contributed by atoms with Crippen LogP contribution in [0.2, 0.25) is 0 Å². The smallest absolute Gasteiger partial charge is 0.245 e. The largest absolute Gasteiger partial charge is 0.324 e. The summed E-state index contributed by atoms with van der Waals surface area (Å²) >= 11 is 0. The van der Waals surface area contributed by atoms with Gasteiger partial charge in [-0.15, -0.1) is 0 Å². The fourth-order valence-electron chi connectivity index (χ4n) is 2.91. The van der Waals surface area contributed by atoms with E-state index in [1.807, 2.05) is 0 Å². The average molecular weight is 445 g/mol. The number of aryl methyl sites for hydroxylation is 1. The van der Waals surface area contributed by atoms with E-state index in [9.17, 15) is 21.6 Å². The van der Waals surface area contributed by atoms with Crippen molar-refractivity contribution in [2.75, 3.05) is 31.5 Å². The normalized spacial score (nSPS) is 12.2. The summed E-state index contributed by atoms with van der Waals surface area (Å²) in [6.45, 7) is 9.05. The highest BCUT2D eigenvalue weighted by molar-refractivity contribution is 7.90. The van der Waals surface area contributed by atoms with Gasteiger partial charge in [-0.05, 0) is 24.6 Å². The van der Waals surface area contributed by atoms with Crippen molar-refractivity contribution in [3.8, 4) is 6.07 Å². The molecule has 0 saturated carbocycles. The summed E-state index contributed by atoms with van der Waals surface area (Å²) in [5, 5.41) is 11.2. The summed E-state index contributed by atoms with van der Waals surface area (Å²) in [6, 6.07) is 4.11. The first-order valence-electron chi connectivity index (χ1n) is 9.32. The first-order chi connectivity index (χ1) is 13.5. The molecule has 29 heavy (non-hydrogen) atoms. The van der Waals surface area contributed by atoms with E-state index in [0.717, 1.165) is 6.07 Å². The topological polar surface area (TPSA) is 128 Å². The van der Waals surface area contributed by atoms with Gasteiger partial charge in [0, 0.05) is 26.2 Å². The Morgan fingerprint density at radius 2 is 1.45 bits per heavy atom. The van der Waals surface area contributed by atoms with Gasteiger partial charge in [0.2, 0.25) is 26.0 Å². The minimum absolute atomic E-state index is 0.0179. The van der Waals surface area contributed by atoms with Gasteiger partial charge < -0.3 is 5.32 Å². The maximum Gasteiger partial charge on any atom is 0.245 e. The van der Waals surface area contributed by atoms with Crippen LogP contribution in [-0.2, 0) is 24.8 Å². The van der Waals surface area contributed by atoms with E-state index in [2.05, 4.69) is 5.32 Å². The monoisotopic (exact) mass is 444 g/mol. The van der Waals surface area contributed by atoms with Crippen LogP contribution in [0.3, 0.4) is 0 Å². The molecule has 0 spiro atoms. The molecule has 0 aliphatic carbocycles. The van der Waals surface area contributed by atoms with Gasteiger partial charge in [0.05, 0.1) is 16.7 Å². The molecular formula is C18H28N4O5S2. The maximum absolute atomic E-state index is 13.2. The Morgan fingerprint density at radius 1 is 0.966 bits per heavy atom. The highest BCUT2D eigenvalue weighted by Crippen LogP contribution is 2.32. The third-order valence-corrected chi connectivity index (χ3v) is 8.54. The van der Waals surface area contributed by atoms with Crippen molar-refractivity contribution in [2.24, 2.45) is 0 Å². The van der Waals surface area contributed by atoms with E-state index in [1.54, 1.807) is 33.8 Å². The molecule has 0 heterocycles. The Labute approximate surface area is 173 Å². The standard InChI is InChI=1S/C18H28N4O5S2/c1-6-21(7-2)28(24,25)15-12-14(5)18(20-17(23)10-11-19)16(13-15)29(26,27)22(8-3)9-4/h12-13H,6-10H2,1-5H3,(H,20,23). The second-order valence-electron chi connectivity index (χ2n) is 6.18. The molecule has 0 fully saturated rings. The molecular weight excluding hydrogens is 416 g/mol. The van der Waals surface area contributed by atoms with E-state index < -0.39 is 32.4 Å². The van der Waals surface area contributed by atoms with Crippen molar-refractivity contribution < 1.29 is 21.6 Å². The number of amides is 1. The van der Waals surface area contributed by atoms with Crippen LogP contribution >= 0.6 is 0 Å². The van der Waals surface area contributed by atoms with Crippen LogP contribution in [0.5, 0.6) is 0 Å². The third-order valence-electron chi connectivity index (χ3n) is 4.44. The SMILES string of the molecule is CCN(CC)S(=O)(=O)c1cc(C)c(NC(=O)CC#N)c(S(=O)(=O)N(CC)CC)c1. The van der Waals surface area contributed by atoms with Crippen LogP contribution in [-0.4, -0.2) is 57.5 Å². The van der Waals surface area contributed by atoms with E-state index >= 15 is 0 Å². The van der Waals surface area contributed by atoms with E-state index in [-0.39, 0.29) is 47.2 Å². The minimum atomic E-state index is -4.08. The number of nitrogens with zero attached hydrogens (tertiary/aromatic N) is 3. The number of carbonyl (C=O) groups excluding carboxylic acids is 1. The summed E-state index contributed by atoms with van der Waals surface area (Å²) in [6.07, 6.45) is -0.455. The molecule has 0 saturated heterocycles. The molecule has 0 aliphatic rings.